The van der Waals surface area contributed by atoms with E-state index in [2.05, 4.69) is 0 Å². The zero-order valence-electron chi connectivity index (χ0n) is 27.8. The van der Waals surface area contributed by atoms with Crippen molar-refractivity contribution in [1.82, 2.24) is 0 Å². The lowest BCUT2D eigenvalue weighted by Crippen LogP contribution is -2.81. The molecule has 4 aliphatic rings. The SMILES string of the molecule is CC(=O)O[C@H]1C(=O)[C@]2(C)[C@@H](OC(=O)OCC(Cl)(Cl)Cl)C[C@H]3OC[C@@]3(OC(C)=O)[C@H]2[C@H](OC(=O)c2ccccc2)[C@]2(O)C[CH]C(C)=C1C2(C)C. The normalized spacial score (nSPS) is 34.9. The molecule has 3 fully saturated rings. The molecule has 49 heavy (non-hydrogen) atoms. The molecule has 1 aliphatic heterocycles. The molecule has 0 spiro atoms. The minimum atomic E-state index is -2.03. The van der Waals surface area contributed by atoms with Crippen molar-refractivity contribution < 1.29 is 57.5 Å². The van der Waals surface area contributed by atoms with Crippen LogP contribution >= 0.6 is 34.8 Å². The molecule has 1 saturated heterocycles. The molecule has 8 atom stereocenters. The minimum Gasteiger partial charge on any atom is -0.455 e. The Morgan fingerprint density at radius 3 is 2.20 bits per heavy atom. The van der Waals surface area contributed by atoms with E-state index < -0.39 is 92.6 Å². The van der Waals surface area contributed by atoms with Gasteiger partial charge in [0.05, 0.1) is 23.5 Å². The van der Waals surface area contributed by atoms with Gasteiger partial charge in [0.1, 0.15) is 30.5 Å². The Bertz CT molecular complexity index is 1570. The summed E-state index contributed by atoms with van der Waals surface area (Å²) in [6.45, 7) is 7.82. The van der Waals surface area contributed by atoms with Crippen LogP contribution in [0.2, 0.25) is 0 Å². The van der Waals surface area contributed by atoms with E-state index in [1.165, 1.54) is 26.0 Å². The van der Waals surface area contributed by atoms with Crippen molar-refractivity contribution in [3.63, 3.8) is 0 Å². The van der Waals surface area contributed by atoms with E-state index >= 15 is 4.79 Å². The molecule has 1 aromatic rings. The number of fused-ring (bicyclic) bond motifs is 5. The maximum absolute atomic E-state index is 15.3. The van der Waals surface area contributed by atoms with Gasteiger partial charge in [0, 0.05) is 25.7 Å². The Morgan fingerprint density at radius 2 is 1.65 bits per heavy atom. The van der Waals surface area contributed by atoms with Crippen LogP contribution in [0.5, 0.6) is 0 Å². The summed E-state index contributed by atoms with van der Waals surface area (Å²) in [4.78, 5) is 67.8. The second-order valence-corrected chi connectivity index (χ2v) is 16.2. The van der Waals surface area contributed by atoms with Gasteiger partial charge in [-0.15, -0.1) is 0 Å². The van der Waals surface area contributed by atoms with E-state index in [1.54, 1.807) is 45.4 Å². The van der Waals surface area contributed by atoms with Crippen molar-refractivity contribution in [2.45, 2.75) is 93.8 Å². The summed E-state index contributed by atoms with van der Waals surface area (Å²) in [5, 5.41) is 13.1. The molecule has 1 heterocycles. The molecule has 12 nitrogen and oxygen atoms in total. The van der Waals surface area contributed by atoms with Gasteiger partial charge in [0.25, 0.3) is 0 Å². The van der Waals surface area contributed by atoms with Gasteiger partial charge in [-0.2, -0.15) is 0 Å². The first-order valence-electron chi connectivity index (χ1n) is 15.6. The number of aliphatic hydroxyl groups is 1. The lowest BCUT2D eigenvalue weighted by molar-refractivity contribution is -0.344. The Hall–Kier alpha value is -2.90. The van der Waals surface area contributed by atoms with Crippen LogP contribution in [0.25, 0.3) is 0 Å². The molecule has 267 valence electrons. The highest BCUT2D eigenvalue weighted by Crippen LogP contribution is 2.64. The van der Waals surface area contributed by atoms with E-state index in [0.29, 0.717) is 5.57 Å². The van der Waals surface area contributed by atoms with E-state index in [9.17, 15) is 24.3 Å². The first-order chi connectivity index (χ1) is 22.7. The lowest BCUT2D eigenvalue weighted by Gasteiger charge is -2.67. The zero-order chi connectivity index (χ0) is 36.3. The summed E-state index contributed by atoms with van der Waals surface area (Å²) < 4.78 is 32.9. The second-order valence-electron chi connectivity index (χ2n) is 13.7. The van der Waals surface area contributed by atoms with Crippen molar-refractivity contribution in [3.05, 3.63) is 53.5 Å². The fraction of sp³-hybridized carbons (Fsp3) is 0.588. The number of alkyl halides is 3. The first kappa shape index (κ1) is 37.4. The van der Waals surface area contributed by atoms with Crippen LogP contribution < -0.4 is 0 Å². The summed E-state index contributed by atoms with van der Waals surface area (Å²) in [5.74, 6) is -4.59. The third-order valence-corrected chi connectivity index (χ3v) is 10.8. The number of ketones is 1. The van der Waals surface area contributed by atoms with Gasteiger partial charge < -0.3 is 33.5 Å². The molecule has 0 unspecified atom stereocenters. The number of benzene rings is 1. The average molecular weight is 745 g/mol. The summed E-state index contributed by atoms with van der Waals surface area (Å²) in [7, 11) is 0. The fourth-order valence-corrected chi connectivity index (χ4v) is 8.30. The van der Waals surface area contributed by atoms with Crippen molar-refractivity contribution >= 4 is 64.6 Å². The number of ether oxygens (including phenoxy) is 6. The van der Waals surface area contributed by atoms with Crippen LogP contribution in [0.4, 0.5) is 4.79 Å². The van der Waals surface area contributed by atoms with Gasteiger partial charge >= 0.3 is 24.1 Å². The highest BCUT2D eigenvalue weighted by atomic mass is 35.6. The summed E-state index contributed by atoms with van der Waals surface area (Å²) in [6.07, 6.45) is -5.62. The topological polar surface area (TPSA) is 161 Å². The fourth-order valence-electron chi connectivity index (χ4n) is 8.14. The highest BCUT2D eigenvalue weighted by Gasteiger charge is 2.78. The molecule has 1 aromatic carbocycles. The van der Waals surface area contributed by atoms with Crippen LogP contribution in [0.1, 0.15) is 64.7 Å². The largest absolute Gasteiger partial charge is 0.508 e. The molecule has 1 N–H and O–H groups in total. The number of carbonyl (C=O) groups is 5. The molecule has 0 aromatic heterocycles. The first-order valence-corrected chi connectivity index (χ1v) is 16.8. The Labute approximate surface area is 298 Å². The molecule has 5 rings (SSSR count). The molecule has 2 bridgehead atoms. The molecule has 3 aliphatic carbocycles. The van der Waals surface area contributed by atoms with Gasteiger partial charge in [-0.05, 0) is 44.4 Å². The van der Waals surface area contributed by atoms with Crippen molar-refractivity contribution in [2.75, 3.05) is 13.2 Å². The number of Topliss-reactive ketones (excluding diaryl/α,β-unsaturated/α-hetero) is 1. The quantitative estimate of drug-likeness (QED) is 0.236. The number of hydrogen-bond donors (Lipinski definition) is 1. The van der Waals surface area contributed by atoms with Crippen LogP contribution in [0.15, 0.2) is 41.5 Å². The second kappa shape index (κ2) is 13.0. The molecular formula is C34H38Cl3O12. The standard InChI is InChI=1S/C34H38Cl3O12/c1-17-12-13-33(43)27(48-28(41)20-10-8-7-9-11-20)25-31(6,26(40)24(46-18(2)38)23(17)30(33,4)5)21(47-29(42)45-16-34(35,36)37)14-22-32(25,15-44-22)49-19(3)39/h7-12,21-22,24-25,27,43H,13-16H2,1-6H3/t21-,22+,24+,25-,27-,31+,32-,33+/m0/s1. The van der Waals surface area contributed by atoms with Gasteiger partial charge in [0.2, 0.25) is 3.79 Å². The van der Waals surface area contributed by atoms with Crippen LogP contribution in [0.3, 0.4) is 0 Å². The monoisotopic (exact) mass is 743 g/mol. The predicted octanol–water partition coefficient (Wildman–Crippen LogP) is 5.03. The van der Waals surface area contributed by atoms with E-state index in [-0.39, 0.29) is 30.6 Å². The summed E-state index contributed by atoms with van der Waals surface area (Å²) in [6, 6.07) is 8.02. The minimum absolute atomic E-state index is 0.0892. The number of hydrogen-bond acceptors (Lipinski definition) is 12. The number of allylic oxidation sites excluding steroid dienone is 1. The van der Waals surface area contributed by atoms with Crippen LogP contribution in [-0.2, 0) is 42.8 Å². The maximum Gasteiger partial charge on any atom is 0.508 e. The van der Waals surface area contributed by atoms with E-state index in [1.807, 2.05) is 0 Å². The Kier molecular flexibility index (Phi) is 9.92. The molecule has 2 saturated carbocycles. The summed E-state index contributed by atoms with van der Waals surface area (Å²) in [5.41, 5.74) is -6.16. The van der Waals surface area contributed by atoms with E-state index in [0.717, 1.165) is 6.92 Å². The van der Waals surface area contributed by atoms with Gasteiger partial charge in [0.15, 0.2) is 17.5 Å². The predicted molar refractivity (Wildman–Crippen MR) is 174 cm³/mol. The third-order valence-electron chi connectivity index (χ3n) is 10.5. The number of esters is 3. The third kappa shape index (κ3) is 6.32. The van der Waals surface area contributed by atoms with Gasteiger partial charge in [-0.1, -0.05) is 72.4 Å². The number of rotatable bonds is 6. The number of carbonyl (C=O) groups excluding carboxylic acids is 5. The molecule has 1 radical (unpaired) electrons. The van der Waals surface area contributed by atoms with Crippen molar-refractivity contribution in [2.24, 2.45) is 16.7 Å². The van der Waals surface area contributed by atoms with Crippen molar-refractivity contribution in [1.29, 1.82) is 0 Å². The van der Waals surface area contributed by atoms with Crippen LogP contribution in [-0.4, -0.2) is 87.6 Å². The molecule has 15 heteroatoms. The van der Waals surface area contributed by atoms with Crippen LogP contribution in [0, 0.1) is 23.2 Å². The van der Waals surface area contributed by atoms with E-state index in [4.69, 9.17) is 63.2 Å². The Morgan fingerprint density at radius 1 is 1.00 bits per heavy atom. The summed E-state index contributed by atoms with van der Waals surface area (Å²) >= 11 is 17.3. The smallest absolute Gasteiger partial charge is 0.455 e. The maximum atomic E-state index is 15.3. The molecular weight excluding hydrogens is 707 g/mol. The molecule has 0 amide bonds. The lowest BCUT2D eigenvalue weighted by atomic mass is 9.45. The highest BCUT2D eigenvalue weighted by molar-refractivity contribution is 6.67. The zero-order valence-corrected chi connectivity index (χ0v) is 30.0. The number of halogens is 3. The Balaban J connectivity index is 1.79. The average Bonchev–Trinajstić information content (AvgIpc) is 3.00. The van der Waals surface area contributed by atoms with Gasteiger partial charge in [-0.25, -0.2) is 9.59 Å². The van der Waals surface area contributed by atoms with Crippen molar-refractivity contribution in [3.8, 4) is 0 Å². The van der Waals surface area contributed by atoms with Gasteiger partial charge in [-0.3, -0.25) is 14.4 Å².